The molecule has 3 aromatic rings. The molecule has 1 aliphatic heterocycles. The van der Waals surface area contributed by atoms with Crippen molar-refractivity contribution in [1.29, 1.82) is 0 Å². The monoisotopic (exact) mass is 449 g/mol. The van der Waals surface area contributed by atoms with E-state index in [4.69, 9.17) is 10.7 Å². The van der Waals surface area contributed by atoms with Gasteiger partial charge in [-0.3, -0.25) is 4.57 Å². The highest BCUT2D eigenvalue weighted by molar-refractivity contribution is 5.80. The zero-order valence-corrected chi connectivity index (χ0v) is 18.1. The molecule has 2 aromatic heterocycles. The predicted molar refractivity (Wildman–Crippen MR) is 116 cm³/mol. The van der Waals surface area contributed by atoms with Crippen molar-refractivity contribution >= 4 is 28.7 Å². The standard InChI is InChI=1S/C21H26F3N7O/c1-20(2,3)16-15-17(30-18(25)29-16)31(13-8-10-26-11-9-13)19(28-15)27-12-4-6-14(7-5-12)32-21(22,23)24/h4-7,13,26H,8-11H2,1-3H3,(H,27,28)(H2,25,29,30). The Morgan fingerprint density at radius 2 is 1.72 bits per heavy atom. The number of piperidine rings is 1. The molecule has 3 heterocycles. The van der Waals surface area contributed by atoms with Crippen molar-refractivity contribution in [2.75, 3.05) is 24.1 Å². The Labute approximate surface area is 183 Å². The Kier molecular flexibility index (Phi) is 5.61. The Morgan fingerprint density at radius 1 is 1.06 bits per heavy atom. The van der Waals surface area contributed by atoms with E-state index in [9.17, 15) is 13.2 Å². The van der Waals surface area contributed by atoms with Crippen LogP contribution in [0.5, 0.6) is 5.75 Å². The van der Waals surface area contributed by atoms with Crippen molar-refractivity contribution in [3.8, 4) is 5.75 Å². The maximum absolute atomic E-state index is 12.5. The number of imidazole rings is 1. The molecule has 172 valence electrons. The molecule has 0 saturated carbocycles. The van der Waals surface area contributed by atoms with Gasteiger partial charge in [0.15, 0.2) is 5.65 Å². The van der Waals surface area contributed by atoms with E-state index in [1.165, 1.54) is 24.3 Å². The van der Waals surface area contributed by atoms with E-state index < -0.39 is 6.36 Å². The molecular weight excluding hydrogens is 423 g/mol. The first-order chi connectivity index (χ1) is 15.0. The number of alkyl halides is 3. The third-order valence-corrected chi connectivity index (χ3v) is 5.29. The molecule has 11 heteroatoms. The first-order valence-electron chi connectivity index (χ1n) is 10.4. The summed E-state index contributed by atoms with van der Waals surface area (Å²) in [4.78, 5) is 13.8. The molecule has 0 aliphatic carbocycles. The van der Waals surface area contributed by atoms with Crippen LogP contribution in [0.1, 0.15) is 45.3 Å². The minimum atomic E-state index is -4.74. The molecule has 8 nitrogen and oxygen atoms in total. The number of halogens is 3. The molecule has 0 atom stereocenters. The number of benzene rings is 1. The van der Waals surface area contributed by atoms with Crippen LogP contribution in [0.4, 0.5) is 30.8 Å². The largest absolute Gasteiger partial charge is 0.573 e. The molecule has 0 bridgehead atoms. The minimum absolute atomic E-state index is 0.138. The van der Waals surface area contributed by atoms with Crippen molar-refractivity contribution in [2.24, 2.45) is 0 Å². The van der Waals surface area contributed by atoms with E-state index in [0.717, 1.165) is 31.6 Å². The number of nitrogens with zero attached hydrogens (tertiary/aromatic N) is 4. The molecule has 1 aliphatic rings. The first-order valence-corrected chi connectivity index (χ1v) is 10.4. The summed E-state index contributed by atoms with van der Waals surface area (Å²) < 4.78 is 43.3. The maximum Gasteiger partial charge on any atom is 0.573 e. The molecule has 1 aromatic carbocycles. The van der Waals surface area contributed by atoms with Crippen molar-refractivity contribution < 1.29 is 17.9 Å². The Morgan fingerprint density at radius 3 is 2.31 bits per heavy atom. The van der Waals surface area contributed by atoms with E-state index in [2.05, 4.69) is 25.3 Å². The van der Waals surface area contributed by atoms with Crippen LogP contribution >= 0.6 is 0 Å². The van der Waals surface area contributed by atoms with Crippen molar-refractivity contribution in [1.82, 2.24) is 24.8 Å². The van der Waals surface area contributed by atoms with Gasteiger partial charge in [-0.25, -0.2) is 9.97 Å². The van der Waals surface area contributed by atoms with Gasteiger partial charge in [-0.2, -0.15) is 4.98 Å². The Bertz CT molecular complexity index is 1100. The van der Waals surface area contributed by atoms with Gasteiger partial charge in [-0.15, -0.1) is 13.2 Å². The summed E-state index contributed by atoms with van der Waals surface area (Å²) >= 11 is 0. The Balaban J connectivity index is 1.77. The van der Waals surface area contributed by atoms with E-state index >= 15 is 0 Å². The highest BCUT2D eigenvalue weighted by Gasteiger charge is 2.31. The number of nitrogens with one attached hydrogen (secondary N) is 2. The summed E-state index contributed by atoms with van der Waals surface area (Å²) in [5, 5.41) is 6.58. The highest BCUT2D eigenvalue weighted by Crippen LogP contribution is 2.35. The summed E-state index contributed by atoms with van der Waals surface area (Å²) in [6.45, 7) is 7.82. The fourth-order valence-corrected chi connectivity index (χ4v) is 3.88. The summed E-state index contributed by atoms with van der Waals surface area (Å²) in [5.74, 6) is 0.433. The van der Waals surface area contributed by atoms with Gasteiger partial charge in [0, 0.05) is 17.1 Å². The minimum Gasteiger partial charge on any atom is -0.406 e. The van der Waals surface area contributed by atoms with Crippen molar-refractivity contribution in [3.05, 3.63) is 30.0 Å². The molecule has 0 radical (unpaired) electrons. The first kappa shape index (κ1) is 22.1. The maximum atomic E-state index is 12.5. The summed E-state index contributed by atoms with van der Waals surface area (Å²) in [6.07, 6.45) is -2.97. The van der Waals surface area contributed by atoms with E-state index in [-0.39, 0.29) is 23.2 Å². The van der Waals surface area contributed by atoms with Crippen LogP contribution < -0.4 is 21.1 Å². The fraction of sp³-hybridized carbons (Fsp3) is 0.476. The van der Waals surface area contributed by atoms with Crippen molar-refractivity contribution in [2.45, 2.75) is 51.4 Å². The van der Waals surface area contributed by atoms with Crippen LogP contribution in [0.25, 0.3) is 11.2 Å². The van der Waals surface area contributed by atoms with Crippen LogP contribution in [0.15, 0.2) is 24.3 Å². The molecule has 0 unspecified atom stereocenters. The predicted octanol–water partition coefficient (Wildman–Crippen LogP) is 4.27. The quantitative estimate of drug-likeness (QED) is 0.546. The third kappa shape index (κ3) is 4.72. The molecule has 4 N–H and O–H groups in total. The average Bonchev–Trinajstić information content (AvgIpc) is 3.05. The van der Waals surface area contributed by atoms with Gasteiger partial charge in [0.2, 0.25) is 11.9 Å². The van der Waals surface area contributed by atoms with Gasteiger partial charge >= 0.3 is 6.36 Å². The number of rotatable bonds is 4. The zero-order chi connectivity index (χ0) is 23.1. The number of hydrogen-bond acceptors (Lipinski definition) is 7. The topological polar surface area (TPSA) is 103 Å². The lowest BCUT2D eigenvalue weighted by Crippen LogP contribution is -2.30. The molecule has 0 amide bonds. The number of anilines is 3. The van der Waals surface area contributed by atoms with Crippen LogP contribution in [0, 0.1) is 0 Å². The van der Waals surface area contributed by atoms with Gasteiger partial charge in [0.25, 0.3) is 0 Å². The summed E-state index contributed by atoms with van der Waals surface area (Å²) in [6, 6.07) is 5.67. The highest BCUT2D eigenvalue weighted by atomic mass is 19.4. The number of fused-ring (bicyclic) bond motifs is 1. The molecule has 1 fully saturated rings. The number of nitrogen functional groups attached to an aromatic ring is 1. The van der Waals surface area contributed by atoms with E-state index in [1.807, 2.05) is 25.3 Å². The molecular formula is C21H26F3N7O. The SMILES string of the molecule is CC(C)(C)c1nc(N)nc2c1nc(Nc1ccc(OC(F)(F)F)cc1)n2C1CCNCC1. The number of aromatic nitrogens is 4. The Hall–Kier alpha value is -3.08. The molecule has 0 spiro atoms. The van der Waals surface area contributed by atoms with Gasteiger partial charge in [-0.05, 0) is 50.2 Å². The summed E-state index contributed by atoms with van der Waals surface area (Å²) in [7, 11) is 0. The van der Waals surface area contributed by atoms with Crippen LogP contribution in [-0.4, -0.2) is 39.0 Å². The number of ether oxygens (including phenoxy) is 1. The fourth-order valence-electron chi connectivity index (χ4n) is 3.88. The summed E-state index contributed by atoms with van der Waals surface area (Å²) in [5.41, 5.74) is 8.35. The second kappa shape index (κ2) is 8.12. The van der Waals surface area contributed by atoms with Gasteiger partial charge in [0.1, 0.15) is 11.3 Å². The second-order valence-corrected chi connectivity index (χ2v) is 8.84. The van der Waals surface area contributed by atoms with Gasteiger partial charge in [-0.1, -0.05) is 20.8 Å². The van der Waals surface area contributed by atoms with Crippen LogP contribution in [-0.2, 0) is 5.41 Å². The van der Waals surface area contributed by atoms with Crippen LogP contribution in [0.3, 0.4) is 0 Å². The van der Waals surface area contributed by atoms with Crippen LogP contribution in [0.2, 0.25) is 0 Å². The smallest absolute Gasteiger partial charge is 0.406 e. The lowest BCUT2D eigenvalue weighted by molar-refractivity contribution is -0.274. The third-order valence-electron chi connectivity index (χ3n) is 5.29. The van der Waals surface area contributed by atoms with Crippen molar-refractivity contribution in [3.63, 3.8) is 0 Å². The molecule has 32 heavy (non-hydrogen) atoms. The zero-order valence-electron chi connectivity index (χ0n) is 18.1. The lowest BCUT2D eigenvalue weighted by atomic mass is 9.91. The van der Waals surface area contributed by atoms with E-state index in [1.54, 1.807) is 0 Å². The average molecular weight is 449 g/mol. The van der Waals surface area contributed by atoms with E-state index in [0.29, 0.717) is 22.8 Å². The van der Waals surface area contributed by atoms with Gasteiger partial charge in [0.05, 0.1) is 5.69 Å². The molecule has 4 rings (SSSR count). The van der Waals surface area contributed by atoms with Gasteiger partial charge < -0.3 is 21.1 Å². The second-order valence-electron chi connectivity index (χ2n) is 8.84. The number of nitrogens with two attached hydrogens (primary N) is 1. The molecule has 1 saturated heterocycles. The number of hydrogen-bond donors (Lipinski definition) is 3. The normalized spacial score (nSPS) is 15.8. The lowest BCUT2D eigenvalue weighted by Gasteiger charge is -2.26.